The fourth-order valence-corrected chi connectivity index (χ4v) is 2.10. The second kappa shape index (κ2) is 6.69. The Labute approximate surface area is 98.9 Å². The van der Waals surface area contributed by atoms with E-state index in [-0.39, 0.29) is 18.0 Å². The van der Waals surface area contributed by atoms with Crippen molar-refractivity contribution in [2.75, 3.05) is 13.1 Å². The number of hydrogen-bond donors (Lipinski definition) is 1. The Bertz CT molecular complexity index is 232. The van der Waals surface area contributed by atoms with Gasteiger partial charge in [-0.1, -0.05) is 18.9 Å². The van der Waals surface area contributed by atoms with E-state index >= 15 is 0 Å². The van der Waals surface area contributed by atoms with Gasteiger partial charge in [0, 0.05) is 19.1 Å². The van der Waals surface area contributed by atoms with Crippen LogP contribution in [0.4, 0.5) is 0 Å². The van der Waals surface area contributed by atoms with Gasteiger partial charge in [-0.15, -0.1) is 6.58 Å². The average molecular weight is 224 g/mol. The molecular weight excluding hydrogens is 200 g/mol. The van der Waals surface area contributed by atoms with Crippen molar-refractivity contribution >= 4 is 5.91 Å². The average Bonchev–Trinajstić information content (AvgIpc) is 2.56. The summed E-state index contributed by atoms with van der Waals surface area (Å²) >= 11 is 0. The fourth-order valence-electron chi connectivity index (χ4n) is 2.10. The van der Waals surface area contributed by atoms with E-state index in [1.807, 2.05) is 24.8 Å². The Morgan fingerprint density at radius 2 is 1.81 bits per heavy atom. The highest BCUT2D eigenvalue weighted by Gasteiger charge is 2.21. The first-order valence-corrected chi connectivity index (χ1v) is 6.32. The van der Waals surface area contributed by atoms with Crippen LogP contribution in [0.2, 0.25) is 0 Å². The Morgan fingerprint density at radius 3 is 2.31 bits per heavy atom. The molecule has 1 aliphatic rings. The summed E-state index contributed by atoms with van der Waals surface area (Å²) in [5.41, 5.74) is 0. The number of rotatable bonds is 4. The molecule has 1 amide bonds. The van der Waals surface area contributed by atoms with Gasteiger partial charge in [0.05, 0.1) is 6.04 Å². The SMILES string of the molecule is C=CC(C)NC(C)C(=O)N1CCCCCC1. The van der Waals surface area contributed by atoms with Gasteiger partial charge in [-0.05, 0) is 26.7 Å². The smallest absolute Gasteiger partial charge is 0.239 e. The maximum Gasteiger partial charge on any atom is 0.239 e. The first-order valence-electron chi connectivity index (χ1n) is 6.32. The second-order valence-electron chi connectivity index (χ2n) is 4.65. The molecule has 2 unspecified atom stereocenters. The Morgan fingerprint density at radius 1 is 1.25 bits per heavy atom. The molecule has 3 heteroatoms. The van der Waals surface area contributed by atoms with Crippen LogP contribution in [0.5, 0.6) is 0 Å². The van der Waals surface area contributed by atoms with Crippen molar-refractivity contribution in [3.63, 3.8) is 0 Å². The molecule has 0 saturated carbocycles. The van der Waals surface area contributed by atoms with Crippen LogP contribution in [-0.4, -0.2) is 36.0 Å². The Hall–Kier alpha value is -0.830. The van der Waals surface area contributed by atoms with Crippen molar-refractivity contribution in [2.24, 2.45) is 0 Å². The topological polar surface area (TPSA) is 32.3 Å². The molecule has 2 atom stereocenters. The van der Waals surface area contributed by atoms with E-state index in [2.05, 4.69) is 11.9 Å². The molecular formula is C13H24N2O. The van der Waals surface area contributed by atoms with Crippen molar-refractivity contribution in [1.82, 2.24) is 10.2 Å². The molecule has 3 nitrogen and oxygen atoms in total. The number of amides is 1. The summed E-state index contributed by atoms with van der Waals surface area (Å²) in [5, 5.41) is 3.24. The number of likely N-dealkylation sites (tertiary alicyclic amines) is 1. The van der Waals surface area contributed by atoms with E-state index in [9.17, 15) is 4.79 Å². The minimum atomic E-state index is -0.105. The fraction of sp³-hybridized carbons (Fsp3) is 0.769. The van der Waals surface area contributed by atoms with Gasteiger partial charge in [-0.25, -0.2) is 0 Å². The van der Waals surface area contributed by atoms with Gasteiger partial charge in [0.2, 0.25) is 5.91 Å². The molecule has 1 rings (SSSR count). The lowest BCUT2D eigenvalue weighted by Gasteiger charge is -2.25. The third kappa shape index (κ3) is 3.97. The van der Waals surface area contributed by atoms with Gasteiger partial charge in [-0.2, -0.15) is 0 Å². The van der Waals surface area contributed by atoms with E-state index in [0.717, 1.165) is 25.9 Å². The summed E-state index contributed by atoms with van der Waals surface area (Å²) in [6.45, 7) is 9.51. The monoisotopic (exact) mass is 224 g/mol. The normalized spacial score (nSPS) is 21.0. The van der Waals surface area contributed by atoms with Gasteiger partial charge in [0.25, 0.3) is 0 Å². The van der Waals surface area contributed by atoms with Crippen LogP contribution in [-0.2, 0) is 4.79 Å². The summed E-state index contributed by atoms with van der Waals surface area (Å²) < 4.78 is 0. The molecule has 1 heterocycles. The molecule has 0 bridgehead atoms. The molecule has 92 valence electrons. The third-order valence-electron chi connectivity index (χ3n) is 3.15. The van der Waals surface area contributed by atoms with Gasteiger partial charge in [-0.3, -0.25) is 4.79 Å². The maximum absolute atomic E-state index is 12.1. The van der Waals surface area contributed by atoms with Crippen molar-refractivity contribution in [3.8, 4) is 0 Å². The van der Waals surface area contributed by atoms with Gasteiger partial charge in [0.15, 0.2) is 0 Å². The number of hydrogen-bond acceptors (Lipinski definition) is 2. The van der Waals surface area contributed by atoms with E-state index in [1.54, 1.807) is 0 Å². The predicted octanol–water partition coefficient (Wildman–Crippen LogP) is 1.94. The molecule has 0 radical (unpaired) electrons. The molecule has 1 fully saturated rings. The van der Waals surface area contributed by atoms with Crippen molar-refractivity contribution in [1.29, 1.82) is 0 Å². The number of nitrogens with one attached hydrogen (secondary N) is 1. The van der Waals surface area contributed by atoms with Gasteiger partial charge in [0.1, 0.15) is 0 Å². The molecule has 1 saturated heterocycles. The van der Waals surface area contributed by atoms with E-state index in [4.69, 9.17) is 0 Å². The minimum Gasteiger partial charge on any atom is -0.341 e. The van der Waals surface area contributed by atoms with Crippen LogP contribution >= 0.6 is 0 Å². The highest BCUT2D eigenvalue weighted by Crippen LogP contribution is 2.10. The highest BCUT2D eigenvalue weighted by atomic mass is 16.2. The second-order valence-corrected chi connectivity index (χ2v) is 4.65. The zero-order chi connectivity index (χ0) is 12.0. The molecule has 0 spiro atoms. The number of carbonyl (C=O) groups is 1. The molecule has 0 aromatic rings. The van der Waals surface area contributed by atoms with Crippen molar-refractivity contribution in [2.45, 2.75) is 51.6 Å². The summed E-state index contributed by atoms with van der Waals surface area (Å²) in [7, 11) is 0. The summed E-state index contributed by atoms with van der Waals surface area (Å²) in [6.07, 6.45) is 6.64. The first kappa shape index (κ1) is 13.2. The van der Waals surface area contributed by atoms with Crippen LogP contribution in [0, 0.1) is 0 Å². The van der Waals surface area contributed by atoms with Crippen molar-refractivity contribution in [3.05, 3.63) is 12.7 Å². The van der Waals surface area contributed by atoms with Crippen molar-refractivity contribution < 1.29 is 4.79 Å². The van der Waals surface area contributed by atoms with Crippen LogP contribution in [0.15, 0.2) is 12.7 Å². The molecule has 0 aromatic heterocycles. The molecule has 0 aliphatic carbocycles. The summed E-state index contributed by atoms with van der Waals surface area (Å²) in [6, 6.07) is 0.0806. The van der Waals surface area contributed by atoms with E-state index in [1.165, 1.54) is 12.8 Å². The first-order chi connectivity index (χ1) is 7.65. The molecule has 1 aliphatic heterocycles. The van der Waals surface area contributed by atoms with Crippen LogP contribution < -0.4 is 5.32 Å². The Balaban J connectivity index is 2.44. The quantitative estimate of drug-likeness (QED) is 0.740. The van der Waals surface area contributed by atoms with Gasteiger partial charge < -0.3 is 10.2 Å². The van der Waals surface area contributed by atoms with Crippen LogP contribution in [0.3, 0.4) is 0 Å². The molecule has 0 aromatic carbocycles. The van der Waals surface area contributed by atoms with E-state index in [0.29, 0.717) is 0 Å². The zero-order valence-corrected chi connectivity index (χ0v) is 10.5. The molecule has 16 heavy (non-hydrogen) atoms. The largest absolute Gasteiger partial charge is 0.341 e. The number of nitrogens with zero attached hydrogens (tertiary/aromatic N) is 1. The summed E-state index contributed by atoms with van der Waals surface area (Å²) in [5.74, 6) is 0.232. The molecule has 1 N–H and O–H groups in total. The van der Waals surface area contributed by atoms with Gasteiger partial charge >= 0.3 is 0 Å². The minimum absolute atomic E-state index is 0.105. The van der Waals surface area contributed by atoms with E-state index < -0.39 is 0 Å². The third-order valence-corrected chi connectivity index (χ3v) is 3.15. The predicted molar refractivity (Wildman–Crippen MR) is 67.3 cm³/mol. The highest BCUT2D eigenvalue weighted by molar-refractivity contribution is 5.81. The lowest BCUT2D eigenvalue weighted by atomic mass is 10.2. The van der Waals surface area contributed by atoms with Crippen LogP contribution in [0.25, 0.3) is 0 Å². The maximum atomic E-state index is 12.1. The lowest BCUT2D eigenvalue weighted by Crippen LogP contribution is -2.47. The standard InChI is InChI=1S/C13H24N2O/c1-4-11(2)14-12(3)13(16)15-9-7-5-6-8-10-15/h4,11-12,14H,1,5-10H2,2-3H3. The lowest BCUT2D eigenvalue weighted by molar-refractivity contribution is -0.133. The zero-order valence-electron chi connectivity index (χ0n) is 10.5. The number of carbonyl (C=O) groups excluding carboxylic acids is 1. The Kier molecular flexibility index (Phi) is 5.53. The van der Waals surface area contributed by atoms with Crippen LogP contribution in [0.1, 0.15) is 39.5 Å². The summed E-state index contributed by atoms with van der Waals surface area (Å²) in [4.78, 5) is 14.1.